The van der Waals surface area contributed by atoms with Crippen molar-refractivity contribution in [3.8, 4) is 0 Å². The first-order valence-electron chi connectivity index (χ1n) is 4.13. The number of hydrogen-bond donors (Lipinski definition) is 3. The van der Waals surface area contributed by atoms with Crippen molar-refractivity contribution in [3.63, 3.8) is 0 Å². The first-order valence-corrected chi connectivity index (χ1v) is 4.13. The minimum Gasteiger partial charge on any atom is -0.394 e. The van der Waals surface area contributed by atoms with Gasteiger partial charge < -0.3 is 15.7 Å². The second-order valence-electron chi connectivity index (χ2n) is 3.01. The summed E-state index contributed by atoms with van der Waals surface area (Å²) in [5, 5.41) is 15.3. The molecule has 0 radical (unpaired) electrons. The molecule has 0 amide bonds. The van der Waals surface area contributed by atoms with E-state index in [0.717, 1.165) is 12.1 Å². The third-order valence-corrected chi connectivity index (χ3v) is 2.34. The number of nitrogens with one attached hydrogen (secondary N) is 2. The molecule has 0 spiro atoms. The summed E-state index contributed by atoms with van der Waals surface area (Å²) in [6.45, 7) is 0.132. The molecule has 0 aromatic rings. The van der Waals surface area contributed by atoms with Gasteiger partial charge in [0.2, 0.25) is 0 Å². The van der Waals surface area contributed by atoms with Crippen molar-refractivity contribution in [2.75, 3.05) is 20.7 Å². The highest BCUT2D eigenvalue weighted by Crippen LogP contribution is 2.18. The van der Waals surface area contributed by atoms with Crippen LogP contribution in [0.1, 0.15) is 6.42 Å². The lowest BCUT2D eigenvalue weighted by Gasteiger charge is -2.29. The Morgan fingerprint density at radius 2 is 2.33 bits per heavy atom. The van der Waals surface area contributed by atoms with Crippen molar-refractivity contribution in [1.29, 1.82) is 0 Å². The Morgan fingerprint density at radius 3 is 2.67 bits per heavy atom. The molecule has 0 saturated carbocycles. The van der Waals surface area contributed by atoms with Gasteiger partial charge in [-0.05, 0) is 19.5 Å². The van der Waals surface area contributed by atoms with Gasteiger partial charge in [-0.25, -0.2) is 0 Å². The highest BCUT2D eigenvalue weighted by atomic mass is 16.3. The smallest absolute Gasteiger partial charge is 0.0652 e. The summed E-state index contributed by atoms with van der Waals surface area (Å²) in [5.41, 5.74) is 0.856. The van der Waals surface area contributed by atoms with Crippen LogP contribution in [-0.4, -0.2) is 31.3 Å². The quantitative estimate of drug-likeness (QED) is 0.556. The van der Waals surface area contributed by atoms with E-state index in [4.69, 9.17) is 5.11 Å². The molecule has 3 heteroatoms. The van der Waals surface area contributed by atoms with E-state index in [0.29, 0.717) is 0 Å². The Balaban J connectivity index is 2.67. The molecule has 1 atom stereocenters. The van der Waals surface area contributed by atoms with E-state index in [9.17, 15) is 0 Å². The standard InChI is InChI=1S/C9H16N2O/c1-10-8-3-5-9(7-12,11-2)6-4-8/h3-5,10-12H,6-7H2,1-2H3. The average molecular weight is 168 g/mol. The molecule has 1 aliphatic rings. The number of likely N-dealkylation sites (N-methyl/N-ethyl adjacent to an activating group) is 2. The molecule has 3 nitrogen and oxygen atoms in total. The fourth-order valence-electron chi connectivity index (χ4n) is 1.24. The van der Waals surface area contributed by atoms with Gasteiger partial charge >= 0.3 is 0 Å². The number of allylic oxidation sites excluding steroid dienone is 1. The van der Waals surface area contributed by atoms with Crippen LogP contribution in [0, 0.1) is 0 Å². The first kappa shape index (κ1) is 9.29. The molecule has 0 fully saturated rings. The number of rotatable bonds is 3. The molecule has 0 aromatic heterocycles. The van der Waals surface area contributed by atoms with E-state index in [1.807, 2.05) is 26.2 Å². The molecule has 3 N–H and O–H groups in total. The van der Waals surface area contributed by atoms with Gasteiger partial charge in [0, 0.05) is 12.7 Å². The van der Waals surface area contributed by atoms with Crippen LogP contribution in [0.15, 0.2) is 23.9 Å². The summed E-state index contributed by atoms with van der Waals surface area (Å²) < 4.78 is 0. The molecule has 0 saturated heterocycles. The van der Waals surface area contributed by atoms with E-state index < -0.39 is 0 Å². The largest absolute Gasteiger partial charge is 0.394 e. The summed E-state index contributed by atoms with van der Waals surface area (Å²) in [4.78, 5) is 0. The zero-order valence-electron chi connectivity index (χ0n) is 7.59. The summed E-state index contributed by atoms with van der Waals surface area (Å²) in [6.07, 6.45) is 6.88. The minimum absolute atomic E-state index is 0.132. The van der Waals surface area contributed by atoms with Crippen LogP contribution in [0.4, 0.5) is 0 Å². The Hall–Kier alpha value is -0.800. The second-order valence-corrected chi connectivity index (χ2v) is 3.01. The van der Waals surface area contributed by atoms with E-state index in [2.05, 4.69) is 16.7 Å². The van der Waals surface area contributed by atoms with Gasteiger partial charge in [0.25, 0.3) is 0 Å². The summed E-state index contributed by atoms with van der Waals surface area (Å²) in [7, 11) is 3.75. The maximum atomic E-state index is 9.14. The Labute approximate surface area is 73.2 Å². The summed E-state index contributed by atoms with van der Waals surface area (Å²) in [5.74, 6) is 0. The zero-order valence-corrected chi connectivity index (χ0v) is 7.59. The third-order valence-electron chi connectivity index (χ3n) is 2.34. The van der Waals surface area contributed by atoms with Gasteiger partial charge in [0.1, 0.15) is 0 Å². The van der Waals surface area contributed by atoms with Crippen molar-refractivity contribution in [2.24, 2.45) is 0 Å². The molecule has 1 rings (SSSR count). The normalized spacial score (nSPS) is 28.4. The van der Waals surface area contributed by atoms with Crippen molar-refractivity contribution in [3.05, 3.63) is 23.9 Å². The molecule has 68 valence electrons. The predicted octanol–water partition coefficient (Wildman–Crippen LogP) is 0.0001000. The lowest BCUT2D eigenvalue weighted by Crippen LogP contribution is -2.45. The van der Waals surface area contributed by atoms with Gasteiger partial charge in [-0.2, -0.15) is 0 Å². The Bertz CT molecular complexity index is 205. The maximum Gasteiger partial charge on any atom is 0.0652 e. The van der Waals surface area contributed by atoms with Gasteiger partial charge in [-0.3, -0.25) is 0 Å². The molecule has 0 heterocycles. The maximum absolute atomic E-state index is 9.14. The van der Waals surface area contributed by atoms with E-state index in [1.165, 1.54) is 0 Å². The van der Waals surface area contributed by atoms with Gasteiger partial charge in [-0.15, -0.1) is 0 Å². The Kier molecular flexibility index (Phi) is 2.89. The molecular formula is C9H16N2O. The van der Waals surface area contributed by atoms with Crippen LogP contribution in [0.3, 0.4) is 0 Å². The second kappa shape index (κ2) is 3.74. The fraction of sp³-hybridized carbons (Fsp3) is 0.556. The van der Waals surface area contributed by atoms with Crippen LogP contribution in [0.5, 0.6) is 0 Å². The zero-order chi connectivity index (χ0) is 9.03. The van der Waals surface area contributed by atoms with Crippen molar-refractivity contribution < 1.29 is 5.11 Å². The highest BCUT2D eigenvalue weighted by Gasteiger charge is 2.24. The van der Waals surface area contributed by atoms with Crippen LogP contribution in [0.2, 0.25) is 0 Å². The van der Waals surface area contributed by atoms with Gasteiger partial charge in [0.05, 0.1) is 12.1 Å². The molecular weight excluding hydrogens is 152 g/mol. The SMILES string of the molecule is CNC1=CCC(CO)(NC)C=C1. The average Bonchev–Trinajstić information content (AvgIpc) is 2.18. The Morgan fingerprint density at radius 1 is 1.58 bits per heavy atom. The van der Waals surface area contributed by atoms with Crippen LogP contribution < -0.4 is 10.6 Å². The third kappa shape index (κ3) is 1.68. The predicted molar refractivity (Wildman–Crippen MR) is 49.8 cm³/mol. The van der Waals surface area contributed by atoms with E-state index in [-0.39, 0.29) is 12.1 Å². The molecule has 0 bridgehead atoms. The van der Waals surface area contributed by atoms with Crippen molar-refractivity contribution in [1.82, 2.24) is 10.6 Å². The minimum atomic E-state index is -0.250. The molecule has 12 heavy (non-hydrogen) atoms. The van der Waals surface area contributed by atoms with Crippen molar-refractivity contribution >= 4 is 0 Å². The first-order chi connectivity index (χ1) is 5.76. The molecule has 0 aromatic carbocycles. The number of aliphatic hydroxyl groups excluding tert-OH is 1. The summed E-state index contributed by atoms with van der Waals surface area (Å²) in [6, 6.07) is 0. The fourth-order valence-corrected chi connectivity index (χ4v) is 1.24. The molecule has 1 unspecified atom stereocenters. The van der Waals surface area contributed by atoms with Crippen LogP contribution in [0.25, 0.3) is 0 Å². The van der Waals surface area contributed by atoms with Crippen LogP contribution in [-0.2, 0) is 0 Å². The van der Waals surface area contributed by atoms with Crippen LogP contribution >= 0.6 is 0 Å². The lowest BCUT2D eigenvalue weighted by molar-refractivity contribution is 0.203. The molecule has 0 aliphatic heterocycles. The van der Waals surface area contributed by atoms with E-state index in [1.54, 1.807) is 0 Å². The monoisotopic (exact) mass is 168 g/mol. The highest BCUT2D eigenvalue weighted by molar-refractivity contribution is 5.28. The summed E-state index contributed by atoms with van der Waals surface area (Å²) >= 11 is 0. The van der Waals surface area contributed by atoms with E-state index >= 15 is 0 Å². The lowest BCUT2D eigenvalue weighted by atomic mass is 9.91. The van der Waals surface area contributed by atoms with Gasteiger partial charge in [0.15, 0.2) is 0 Å². The van der Waals surface area contributed by atoms with Gasteiger partial charge in [-0.1, -0.05) is 12.2 Å². The van der Waals surface area contributed by atoms with Crippen molar-refractivity contribution in [2.45, 2.75) is 12.0 Å². The number of aliphatic hydroxyl groups is 1. The molecule has 1 aliphatic carbocycles. The topological polar surface area (TPSA) is 44.3 Å². The number of hydrogen-bond acceptors (Lipinski definition) is 3.